The molecule has 0 saturated heterocycles. The zero-order valence-corrected chi connectivity index (χ0v) is 11.3. The molecule has 0 aliphatic rings. The van der Waals surface area contributed by atoms with Gasteiger partial charge in [0.1, 0.15) is 0 Å². The van der Waals surface area contributed by atoms with Crippen molar-refractivity contribution in [2.24, 2.45) is 16.7 Å². The van der Waals surface area contributed by atoms with Crippen LogP contribution in [0.5, 0.6) is 0 Å². The Morgan fingerprint density at radius 1 is 1.07 bits per heavy atom. The first kappa shape index (κ1) is 14.9. The molecular formula is C12H28N2O. The Morgan fingerprint density at radius 3 is 1.73 bits per heavy atom. The van der Waals surface area contributed by atoms with E-state index in [0.717, 1.165) is 6.61 Å². The zero-order chi connectivity index (χ0) is 12.3. The highest BCUT2D eigenvalue weighted by molar-refractivity contribution is 4.92. The first-order chi connectivity index (χ1) is 6.64. The Morgan fingerprint density at radius 2 is 1.53 bits per heavy atom. The summed E-state index contributed by atoms with van der Waals surface area (Å²) in [5.74, 6) is 5.66. The Labute approximate surface area is 94.7 Å². The average Bonchev–Trinajstić information content (AvgIpc) is 2.00. The molecule has 2 atom stereocenters. The minimum absolute atomic E-state index is 0.0837. The maximum atomic E-state index is 5.84. The second-order valence-electron chi connectivity index (χ2n) is 6.25. The van der Waals surface area contributed by atoms with E-state index in [-0.39, 0.29) is 23.0 Å². The van der Waals surface area contributed by atoms with Gasteiger partial charge in [-0.05, 0) is 17.8 Å². The van der Waals surface area contributed by atoms with E-state index < -0.39 is 0 Å². The van der Waals surface area contributed by atoms with Crippen molar-refractivity contribution in [3.05, 3.63) is 0 Å². The van der Waals surface area contributed by atoms with Crippen molar-refractivity contribution in [3.63, 3.8) is 0 Å². The van der Waals surface area contributed by atoms with Crippen LogP contribution in [0.15, 0.2) is 0 Å². The Hall–Kier alpha value is -0.120. The summed E-state index contributed by atoms with van der Waals surface area (Å²) in [6, 6.07) is 0.150. The first-order valence-corrected chi connectivity index (χ1v) is 5.72. The molecular weight excluding hydrogens is 188 g/mol. The second kappa shape index (κ2) is 5.28. The number of nitrogens with one attached hydrogen (secondary N) is 1. The fourth-order valence-corrected chi connectivity index (χ4v) is 1.82. The van der Waals surface area contributed by atoms with E-state index in [1.165, 1.54) is 0 Å². The van der Waals surface area contributed by atoms with Gasteiger partial charge in [0.25, 0.3) is 0 Å². The van der Waals surface area contributed by atoms with Crippen molar-refractivity contribution >= 4 is 0 Å². The quantitative estimate of drug-likeness (QED) is 0.560. The summed E-state index contributed by atoms with van der Waals surface area (Å²) < 4.78 is 5.84. The van der Waals surface area contributed by atoms with Gasteiger partial charge >= 0.3 is 0 Å². The summed E-state index contributed by atoms with van der Waals surface area (Å²) in [6.07, 6.45) is 0.118. The van der Waals surface area contributed by atoms with E-state index >= 15 is 0 Å². The van der Waals surface area contributed by atoms with Gasteiger partial charge in [-0.2, -0.15) is 0 Å². The van der Waals surface area contributed by atoms with Gasteiger partial charge in [0.05, 0.1) is 12.1 Å². The van der Waals surface area contributed by atoms with Crippen LogP contribution in [0.2, 0.25) is 0 Å². The molecule has 0 amide bonds. The molecule has 3 N–H and O–H groups in total. The normalized spacial score (nSPS) is 17.6. The third-order valence-corrected chi connectivity index (χ3v) is 2.62. The van der Waals surface area contributed by atoms with Gasteiger partial charge in [-0.15, -0.1) is 0 Å². The molecule has 0 aliphatic carbocycles. The highest BCUT2D eigenvalue weighted by Gasteiger charge is 2.38. The van der Waals surface area contributed by atoms with Crippen molar-refractivity contribution in [1.82, 2.24) is 5.43 Å². The molecule has 0 aromatic heterocycles. The number of hydrogen-bond acceptors (Lipinski definition) is 3. The van der Waals surface area contributed by atoms with Crippen molar-refractivity contribution in [1.29, 1.82) is 0 Å². The lowest BCUT2D eigenvalue weighted by molar-refractivity contribution is -0.0601. The molecule has 0 bridgehead atoms. The van der Waals surface area contributed by atoms with Crippen LogP contribution in [0.4, 0.5) is 0 Å². The molecule has 0 heterocycles. The largest absolute Gasteiger partial charge is 0.376 e. The molecule has 2 unspecified atom stereocenters. The molecule has 3 heteroatoms. The van der Waals surface area contributed by atoms with E-state index in [1.807, 2.05) is 6.92 Å². The van der Waals surface area contributed by atoms with Crippen molar-refractivity contribution in [2.75, 3.05) is 6.61 Å². The minimum atomic E-state index is 0.0837. The maximum Gasteiger partial charge on any atom is 0.0794 e. The van der Waals surface area contributed by atoms with Crippen LogP contribution < -0.4 is 11.3 Å². The van der Waals surface area contributed by atoms with Crippen LogP contribution in [-0.2, 0) is 4.74 Å². The fraction of sp³-hybridized carbons (Fsp3) is 1.00. The molecule has 15 heavy (non-hydrogen) atoms. The Kier molecular flexibility index (Phi) is 5.24. The van der Waals surface area contributed by atoms with E-state index in [4.69, 9.17) is 10.6 Å². The van der Waals surface area contributed by atoms with E-state index in [0.29, 0.717) is 0 Å². The Balaban J connectivity index is 4.87. The lowest BCUT2D eigenvalue weighted by Crippen LogP contribution is -2.57. The predicted octanol–water partition coefficient (Wildman–Crippen LogP) is 2.32. The van der Waals surface area contributed by atoms with Crippen LogP contribution in [0.1, 0.15) is 48.5 Å². The van der Waals surface area contributed by atoms with Gasteiger partial charge in [0.2, 0.25) is 0 Å². The standard InChI is InChI=1S/C12H28N2O/c1-8-15-10(12(5,6)7)9(14-13)11(2,3)4/h9-10,14H,8,13H2,1-7H3. The van der Waals surface area contributed by atoms with Gasteiger partial charge in [-0.3, -0.25) is 11.3 Å². The summed E-state index contributed by atoms with van der Waals surface area (Å²) in [5, 5.41) is 0. The highest BCUT2D eigenvalue weighted by Crippen LogP contribution is 2.32. The van der Waals surface area contributed by atoms with E-state index in [1.54, 1.807) is 0 Å². The SMILES string of the molecule is CCOC(C(NN)C(C)(C)C)C(C)(C)C. The molecule has 92 valence electrons. The van der Waals surface area contributed by atoms with Crippen LogP contribution in [-0.4, -0.2) is 18.8 Å². The van der Waals surface area contributed by atoms with Crippen molar-refractivity contribution in [2.45, 2.75) is 60.6 Å². The lowest BCUT2D eigenvalue weighted by Gasteiger charge is -2.42. The maximum absolute atomic E-state index is 5.84. The molecule has 0 aromatic carbocycles. The van der Waals surface area contributed by atoms with Gasteiger partial charge in [0, 0.05) is 6.61 Å². The molecule has 3 nitrogen and oxygen atoms in total. The summed E-state index contributed by atoms with van der Waals surface area (Å²) in [5.41, 5.74) is 3.08. The molecule has 0 spiro atoms. The highest BCUT2D eigenvalue weighted by atomic mass is 16.5. The van der Waals surface area contributed by atoms with E-state index in [9.17, 15) is 0 Å². The number of rotatable bonds is 4. The summed E-state index contributed by atoms with van der Waals surface area (Å²) in [4.78, 5) is 0. The summed E-state index contributed by atoms with van der Waals surface area (Å²) >= 11 is 0. The second-order valence-corrected chi connectivity index (χ2v) is 6.25. The van der Waals surface area contributed by atoms with Crippen LogP contribution in [0, 0.1) is 10.8 Å². The monoisotopic (exact) mass is 216 g/mol. The third-order valence-electron chi connectivity index (χ3n) is 2.62. The molecule has 0 saturated carbocycles. The van der Waals surface area contributed by atoms with Gasteiger partial charge in [-0.1, -0.05) is 41.5 Å². The summed E-state index contributed by atoms with van der Waals surface area (Å²) in [7, 11) is 0. The van der Waals surface area contributed by atoms with Crippen LogP contribution >= 0.6 is 0 Å². The number of hydrogen-bond donors (Lipinski definition) is 2. The third kappa shape index (κ3) is 4.49. The predicted molar refractivity (Wildman–Crippen MR) is 65.4 cm³/mol. The lowest BCUT2D eigenvalue weighted by atomic mass is 9.74. The van der Waals surface area contributed by atoms with Crippen LogP contribution in [0.25, 0.3) is 0 Å². The number of ether oxygens (including phenoxy) is 1. The first-order valence-electron chi connectivity index (χ1n) is 5.72. The summed E-state index contributed by atoms with van der Waals surface area (Å²) in [6.45, 7) is 15.8. The molecule has 0 aliphatic heterocycles. The van der Waals surface area contributed by atoms with Gasteiger partial charge < -0.3 is 4.74 Å². The average molecular weight is 216 g/mol. The van der Waals surface area contributed by atoms with Gasteiger partial charge in [-0.25, -0.2) is 0 Å². The zero-order valence-electron chi connectivity index (χ0n) is 11.3. The smallest absolute Gasteiger partial charge is 0.0794 e. The molecule has 0 aromatic rings. The Bertz CT molecular complexity index is 179. The topological polar surface area (TPSA) is 47.3 Å². The molecule has 0 radical (unpaired) electrons. The molecule has 0 rings (SSSR count). The minimum Gasteiger partial charge on any atom is -0.376 e. The fourth-order valence-electron chi connectivity index (χ4n) is 1.82. The van der Waals surface area contributed by atoms with E-state index in [2.05, 4.69) is 47.0 Å². The van der Waals surface area contributed by atoms with Crippen molar-refractivity contribution in [3.8, 4) is 0 Å². The molecule has 0 fully saturated rings. The van der Waals surface area contributed by atoms with Crippen LogP contribution in [0.3, 0.4) is 0 Å². The van der Waals surface area contributed by atoms with Crippen molar-refractivity contribution < 1.29 is 4.74 Å². The number of hydrazine groups is 1. The van der Waals surface area contributed by atoms with Gasteiger partial charge in [0.15, 0.2) is 0 Å². The number of nitrogens with two attached hydrogens (primary N) is 1.